The summed E-state index contributed by atoms with van der Waals surface area (Å²) in [5.74, 6) is -1.26. The lowest BCUT2D eigenvalue weighted by molar-refractivity contribution is -0.384. The number of anilines is 1. The summed E-state index contributed by atoms with van der Waals surface area (Å²) in [6.07, 6.45) is 1.25. The van der Waals surface area contributed by atoms with Gasteiger partial charge in [-0.2, -0.15) is 0 Å². The third-order valence-corrected chi connectivity index (χ3v) is 5.92. The average Bonchev–Trinajstić information content (AvgIpc) is 2.93. The van der Waals surface area contributed by atoms with Crippen molar-refractivity contribution in [1.82, 2.24) is 4.90 Å². The summed E-state index contributed by atoms with van der Waals surface area (Å²) in [5.41, 5.74) is 0.268. The lowest BCUT2D eigenvalue weighted by Gasteiger charge is -2.12. The molecule has 8 nitrogen and oxygen atoms in total. The third-order valence-electron chi connectivity index (χ3n) is 3.85. The van der Waals surface area contributed by atoms with Crippen LogP contribution < -0.4 is 5.32 Å². The number of hydrogen-bond donors (Lipinski definition) is 1. The van der Waals surface area contributed by atoms with Gasteiger partial charge in [-0.05, 0) is 48.2 Å². The molecule has 0 aromatic heterocycles. The fourth-order valence-corrected chi connectivity index (χ4v) is 4.06. The molecule has 2 aromatic carbocycles. The quantitative estimate of drug-likeness (QED) is 0.317. The SMILES string of the molecule is O=C(CN1C(=O)S/C(=C\c2cc([N+](=O)[O-])c(Cl)cc2Cl)C1=O)Nc1ccc(Br)cc1. The van der Waals surface area contributed by atoms with Gasteiger partial charge in [-0.3, -0.25) is 29.4 Å². The van der Waals surface area contributed by atoms with E-state index in [1.165, 1.54) is 12.1 Å². The van der Waals surface area contributed by atoms with Gasteiger partial charge in [0.15, 0.2) is 0 Å². The third kappa shape index (κ3) is 5.01. The first-order valence-corrected chi connectivity index (χ1v) is 10.5. The molecule has 0 aliphatic carbocycles. The van der Waals surface area contributed by atoms with Crippen LogP contribution in [0.5, 0.6) is 0 Å². The molecule has 1 saturated heterocycles. The zero-order valence-electron chi connectivity index (χ0n) is 14.7. The number of halogens is 3. The van der Waals surface area contributed by atoms with E-state index < -0.39 is 28.5 Å². The van der Waals surface area contributed by atoms with Crippen molar-refractivity contribution in [2.45, 2.75) is 0 Å². The highest BCUT2D eigenvalue weighted by Crippen LogP contribution is 2.36. The number of thioether (sulfide) groups is 1. The molecule has 0 unspecified atom stereocenters. The molecule has 1 heterocycles. The van der Waals surface area contributed by atoms with E-state index in [1.54, 1.807) is 24.3 Å². The van der Waals surface area contributed by atoms with Crippen molar-refractivity contribution in [1.29, 1.82) is 0 Å². The van der Waals surface area contributed by atoms with Crippen molar-refractivity contribution in [3.63, 3.8) is 0 Å². The molecule has 1 aliphatic rings. The molecule has 2 aromatic rings. The van der Waals surface area contributed by atoms with Crippen molar-refractivity contribution < 1.29 is 19.3 Å². The molecule has 154 valence electrons. The minimum absolute atomic E-state index is 0.0186. The van der Waals surface area contributed by atoms with Gasteiger partial charge in [0.25, 0.3) is 16.8 Å². The van der Waals surface area contributed by atoms with Crippen LogP contribution in [0.2, 0.25) is 10.0 Å². The van der Waals surface area contributed by atoms with Crippen LogP contribution in [0.3, 0.4) is 0 Å². The maximum absolute atomic E-state index is 12.6. The Hall–Kier alpha value is -2.40. The Kier molecular flexibility index (Phi) is 6.81. The van der Waals surface area contributed by atoms with Crippen LogP contribution in [0.4, 0.5) is 16.2 Å². The smallest absolute Gasteiger partial charge is 0.294 e. The van der Waals surface area contributed by atoms with Crippen molar-refractivity contribution in [2.24, 2.45) is 0 Å². The first kappa shape index (κ1) is 22.3. The second-order valence-corrected chi connectivity index (χ2v) is 8.63. The molecule has 0 spiro atoms. The summed E-state index contributed by atoms with van der Waals surface area (Å²) in [6.45, 7) is -0.480. The Balaban J connectivity index is 1.77. The van der Waals surface area contributed by atoms with E-state index in [4.69, 9.17) is 23.2 Å². The van der Waals surface area contributed by atoms with E-state index in [0.717, 1.165) is 15.4 Å². The van der Waals surface area contributed by atoms with Crippen molar-refractivity contribution in [3.05, 3.63) is 71.5 Å². The highest BCUT2D eigenvalue weighted by atomic mass is 79.9. The number of benzene rings is 2. The van der Waals surface area contributed by atoms with E-state index >= 15 is 0 Å². The number of nitro groups is 1. The summed E-state index contributed by atoms with van der Waals surface area (Å²) < 4.78 is 0.831. The fraction of sp³-hybridized carbons (Fsp3) is 0.0556. The number of hydrogen-bond acceptors (Lipinski definition) is 6. The predicted molar refractivity (Wildman–Crippen MR) is 119 cm³/mol. The molecule has 0 bridgehead atoms. The second-order valence-electron chi connectivity index (χ2n) is 5.91. The highest BCUT2D eigenvalue weighted by molar-refractivity contribution is 9.10. The van der Waals surface area contributed by atoms with Crippen molar-refractivity contribution in [2.75, 3.05) is 11.9 Å². The van der Waals surface area contributed by atoms with Gasteiger partial charge >= 0.3 is 0 Å². The first-order chi connectivity index (χ1) is 14.2. The average molecular weight is 531 g/mol. The standard InChI is InChI=1S/C18H10BrCl2N3O5S/c19-10-1-3-11(4-2-10)22-16(25)8-23-17(26)15(30-18(23)27)6-9-5-14(24(28)29)13(21)7-12(9)20/h1-7H,8H2,(H,22,25)/b15-6-. The lowest BCUT2D eigenvalue weighted by Crippen LogP contribution is -2.36. The van der Waals surface area contributed by atoms with E-state index in [0.29, 0.717) is 17.4 Å². The van der Waals surface area contributed by atoms with Crippen molar-refractivity contribution >= 4 is 85.4 Å². The van der Waals surface area contributed by atoms with Crippen LogP contribution in [0.15, 0.2) is 45.8 Å². The Morgan fingerprint density at radius 3 is 2.50 bits per heavy atom. The van der Waals surface area contributed by atoms with Gasteiger partial charge in [0.2, 0.25) is 5.91 Å². The van der Waals surface area contributed by atoms with Crippen LogP contribution in [-0.4, -0.2) is 33.4 Å². The molecule has 0 saturated carbocycles. The Morgan fingerprint density at radius 1 is 1.20 bits per heavy atom. The largest absolute Gasteiger partial charge is 0.325 e. The minimum Gasteiger partial charge on any atom is -0.325 e. The summed E-state index contributed by atoms with van der Waals surface area (Å²) in [5, 5.41) is 12.9. The number of nitrogens with one attached hydrogen (secondary N) is 1. The zero-order chi connectivity index (χ0) is 22.0. The Labute approximate surface area is 192 Å². The maximum atomic E-state index is 12.6. The lowest BCUT2D eigenvalue weighted by atomic mass is 10.2. The topological polar surface area (TPSA) is 110 Å². The molecule has 3 rings (SSSR count). The Morgan fingerprint density at radius 2 is 1.87 bits per heavy atom. The summed E-state index contributed by atoms with van der Waals surface area (Å²) in [6, 6.07) is 9.07. The van der Waals surface area contributed by atoms with Gasteiger partial charge in [-0.25, -0.2) is 0 Å². The zero-order valence-corrected chi connectivity index (χ0v) is 18.6. The number of nitro benzene ring substituents is 1. The molecule has 12 heteroatoms. The number of imide groups is 1. The number of carbonyl (C=O) groups is 3. The molecular weight excluding hydrogens is 521 g/mol. The van der Waals surface area contributed by atoms with Gasteiger partial charge in [0, 0.05) is 26.8 Å². The summed E-state index contributed by atoms with van der Waals surface area (Å²) >= 11 is 15.7. The van der Waals surface area contributed by atoms with Gasteiger partial charge in [-0.1, -0.05) is 39.1 Å². The maximum Gasteiger partial charge on any atom is 0.294 e. The first-order valence-electron chi connectivity index (χ1n) is 8.10. The monoisotopic (exact) mass is 529 g/mol. The van der Waals surface area contributed by atoms with Crippen LogP contribution in [-0.2, 0) is 9.59 Å². The molecule has 0 radical (unpaired) electrons. The van der Waals surface area contributed by atoms with Crippen molar-refractivity contribution in [3.8, 4) is 0 Å². The van der Waals surface area contributed by atoms with E-state index in [1.807, 2.05) is 0 Å². The molecule has 1 N–H and O–H groups in total. The molecule has 1 fully saturated rings. The number of nitrogens with zero attached hydrogens (tertiary/aromatic N) is 2. The molecule has 1 aliphatic heterocycles. The number of amides is 3. The summed E-state index contributed by atoms with van der Waals surface area (Å²) in [7, 11) is 0. The normalized spacial score (nSPS) is 15.0. The second kappa shape index (κ2) is 9.17. The van der Waals surface area contributed by atoms with E-state index in [2.05, 4.69) is 21.2 Å². The van der Waals surface area contributed by atoms with Crippen LogP contribution >= 0.6 is 50.9 Å². The van der Waals surface area contributed by atoms with Crippen LogP contribution in [0.1, 0.15) is 5.56 Å². The molecule has 0 atom stereocenters. The van der Waals surface area contributed by atoms with E-state index in [-0.39, 0.29) is 26.2 Å². The molecular formula is C18H10BrCl2N3O5S. The van der Waals surface area contributed by atoms with Gasteiger partial charge in [0.05, 0.1) is 9.83 Å². The summed E-state index contributed by atoms with van der Waals surface area (Å²) in [4.78, 5) is 48.1. The fourth-order valence-electron chi connectivity index (χ4n) is 2.46. The van der Waals surface area contributed by atoms with Gasteiger partial charge in [-0.15, -0.1) is 0 Å². The van der Waals surface area contributed by atoms with Gasteiger partial charge in [0.1, 0.15) is 11.6 Å². The van der Waals surface area contributed by atoms with Crippen LogP contribution in [0, 0.1) is 10.1 Å². The molecule has 3 amide bonds. The predicted octanol–water partition coefficient (Wildman–Crippen LogP) is 5.34. The van der Waals surface area contributed by atoms with Gasteiger partial charge < -0.3 is 5.32 Å². The minimum atomic E-state index is -0.704. The highest BCUT2D eigenvalue weighted by Gasteiger charge is 2.36. The number of rotatable bonds is 5. The number of carbonyl (C=O) groups excluding carboxylic acids is 3. The molecule has 30 heavy (non-hydrogen) atoms. The van der Waals surface area contributed by atoms with E-state index in [9.17, 15) is 24.5 Å². The van der Waals surface area contributed by atoms with Crippen LogP contribution in [0.25, 0.3) is 6.08 Å². The Bertz CT molecular complexity index is 1110.